The molecular formula is C37H43F2NO7. The first-order chi connectivity index (χ1) is 22.8. The number of halogens is 2. The molecule has 2 aliphatic rings. The fraction of sp³-hybridized carbons (Fsp3) is 0.514. The molecule has 1 saturated heterocycles. The van der Waals surface area contributed by atoms with Gasteiger partial charge < -0.3 is 28.8 Å². The molecule has 5 atom stereocenters. The molecule has 0 spiro atoms. The van der Waals surface area contributed by atoms with E-state index < -0.39 is 17.7 Å². The number of terminal acetylenes is 2. The summed E-state index contributed by atoms with van der Waals surface area (Å²) in [5, 5.41) is 10.7. The van der Waals surface area contributed by atoms with Crippen LogP contribution in [0, 0.1) is 61.0 Å². The lowest BCUT2D eigenvalue weighted by atomic mass is 9.86. The summed E-state index contributed by atoms with van der Waals surface area (Å²) in [6, 6.07) is 3.11. The largest absolute Gasteiger partial charge is 0.490 e. The van der Waals surface area contributed by atoms with Crippen molar-refractivity contribution in [3.8, 4) is 36.2 Å². The molecule has 1 aromatic carbocycles. The van der Waals surface area contributed by atoms with E-state index in [1.165, 1.54) is 0 Å². The molecule has 4 rings (SSSR count). The second-order valence-corrected chi connectivity index (χ2v) is 11.9. The van der Waals surface area contributed by atoms with E-state index in [4.69, 9.17) is 36.5 Å². The number of benzene rings is 1. The maximum Gasteiger partial charge on any atom is 0.311 e. The van der Waals surface area contributed by atoms with E-state index in [1.807, 2.05) is 12.2 Å². The number of fused-ring (bicyclic) bond motifs is 1. The van der Waals surface area contributed by atoms with Crippen molar-refractivity contribution in [3.63, 3.8) is 0 Å². The Morgan fingerprint density at radius 2 is 1.96 bits per heavy atom. The number of esters is 1. The Kier molecular flexibility index (Phi) is 14.2. The van der Waals surface area contributed by atoms with Gasteiger partial charge in [-0.15, -0.1) is 12.8 Å². The van der Waals surface area contributed by atoms with Gasteiger partial charge in [0, 0.05) is 48.8 Å². The maximum absolute atomic E-state index is 13.8. The molecule has 252 valence electrons. The number of carbonyl (C=O) groups excluding carboxylic acids is 1. The summed E-state index contributed by atoms with van der Waals surface area (Å²) in [6.07, 6.45) is 20.2. The summed E-state index contributed by atoms with van der Waals surface area (Å²) in [5.41, 5.74) is 1.92. The Labute approximate surface area is 275 Å². The standard InChI is InChI=1S/C37H43F2NO7/c1-4-16-43-23-27-21-40-25(3)37(31(27)24-44-17-5-2)47-36(42)11-8-9-26-12-14-30-29(33(41)20-34(30)46-22-26)10-6-7-18-45-35-19-28(38)13-15-32(35)39/h1-2,6,10,13,15,19,21,26,29-30,33-34,41H,7-9,11-12,14,16-18,20,22-24H2,3H3/b10-6+/t26-,29+,30+,33+,34-/m0/s1. The smallest absolute Gasteiger partial charge is 0.311 e. The molecule has 0 radical (unpaired) electrons. The van der Waals surface area contributed by atoms with Gasteiger partial charge in [-0.2, -0.15) is 0 Å². The lowest BCUT2D eigenvalue weighted by Gasteiger charge is -2.20. The van der Waals surface area contributed by atoms with Crippen molar-refractivity contribution >= 4 is 5.97 Å². The molecule has 1 aliphatic carbocycles. The van der Waals surface area contributed by atoms with Crippen LogP contribution in [0.1, 0.15) is 61.8 Å². The van der Waals surface area contributed by atoms with Gasteiger partial charge in [-0.05, 0) is 63.0 Å². The van der Waals surface area contributed by atoms with E-state index in [-0.39, 0.29) is 75.0 Å². The molecule has 8 nitrogen and oxygen atoms in total. The van der Waals surface area contributed by atoms with Crippen molar-refractivity contribution in [2.45, 2.75) is 77.3 Å². The van der Waals surface area contributed by atoms with E-state index in [2.05, 4.69) is 16.8 Å². The van der Waals surface area contributed by atoms with Crippen LogP contribution in [0.25, 0.3) is 0 Å². The van der Waals surface area contributed by atoms with E-state index >= 15 is 0 Å². The molecule has 2 heterocycles. The zero-order valence-electron chi connectivity index (χ0n) is 26.8. The van der Waals surface area contributed by atoms with Crippen LogP contribution < -0.4 is 9.47 Å². The van der Waals surface area contributed by atoms with E-state index in [0.29, 0.717) is 48.4 Å². The SMILES string of the molecule is C#CCOCc1cnc(C)c(OC(=O)CCC[C@H]2CC[C@@H]3[C@@H](/C=C/CCOc4cc(F)ccc4F)[C@H](O)C[C@@H]3OC2)c1COCC#C. The fourth-order valence-corrected chi connectivity index (χ4v) is 6.25. The number of aliphatic hydroxyl groups is 1. The minimum atomic E-state index is -0.608. The Bertz CT molecular complexity index is 1450. The highest BCUT2D eigenvalue weighted by molar-refractivity contribution is 5.73. The van der Waals surface area contributed by atoms with Crippen LogP contribution in [-0.2, 0) is 32.2 Å². The molecule has 2 aromatic rings. The van der Waals surface area contributed by atoms with Crippen LogP contribution in [0.4, 0.5) is 8.78 Å². The minimum Gasteiger partial charge on any atom is -0.490 e. The monoisotopic (exact) mass is 651 g/mol. The van der Waals surface area contributed by atoms with Gasteiger partial charge in [0.1, 0.15) is 19.0 Å². The predicted octanol–water partition coefficient (Wildman–Crippen LogP) is 5.86. The number of aryl methyl sites for hydroxylation is 1. The number of rotatable bonds is 16. The molecule has 1 aliphatic heterocycles. The van der Waals surface area contributed by atoms with Gasteiger partial charge >= 0.3 is 5.97 Å². The van der Waals surface area contributed by atoms with E-state index in [0.717, 1.165) is 37.5 Å². The highest BCUT2D eigenvalue weighted by Gasteiger charge is 2.43. The molecule has 0 unspecified atom stereocenters. The number of carbonyl (C=O) groups is 1. The number of pyridine rings is 1. The van der Waals surface area contributed by atoms with Crippen molar-refractivity contribution in [2.75, 3.05) is 26.4 Å². The lowest BCUT2D eigenvalue weighted by molar-refractivity contribution is -0.134. The summed E-state index contributed by atoms with van der Waals surface area (Å²) >= 11 is 0. The highest BCUT2D eigenvalue weighted by Crippen LogP contribution is 2.42. The van der Waals surface area contributed by atoms with Gasteiger partial charge in [-0.25, -0.2) is 8.78 Å². The molecule has 0 amide bonds. The third-order valence-corrected chi connectivity index (χ3v) is 8.63. The number of nitrogens with zero attached hydrogens (tertiary/aromatic N) is 1. The normalized spacial score (nSPS) is 22.3. The molecule has 47 heavy (non-hydrogen) atoms. The predicted molar refractivity (Wildman–Crippen MR) is 171 cm³/mol. The van der Waals surface area contributed by atoms with Gasteiger partial charge in [-0.1, -0.05) is 24.0 Å². The number of ether oxygens (including phenoxy) is 5. The number of aromatic nitrogens is 1. The Morgan fingerprint density at radius 3 is 2.74 bits per heavy atom. The van der Waals surface area contributed by atoms with Gasteiger partial charge in [0.15, 0.2) is 17.3 Å². The topological polar surface area (TPSA) is 96.3 Å². The Balaban J connectivity index is 1.24. The van der Waals surface area contributed by atoms with Gasteiger partial charge in [0.2, 0.25) is 0 Å². The first kappa shape index (κ1) is 36.0. The van der Waals surface area contributed by atoms with Crippen LogP contribution in [-0.4, -0.2) is 54.7 Å². The summed E-state index contributed by atoms with van der Waals surface area (Å²) in [7, 11) is 0. The van der Waals surface area contributed by atoms with Crippen molar-refractivity contribution in [1.82, 2.24) is 4.98 Å². The zero-order chi connectivity index (χ0) is 33.6. The summed E-state index contributed by atoms with van der Waals surface area (Å²) < 4.78 is 55.6. The summed E-state index contributed by atoms with van der Waals surface area (Å²) in [5.74, 6) is 3.98. The van der Waals surface area contributed by atoms with E-state index in [9.17, 15) is 18.7 Å². The van der Waals surface area contributed by atoms with Gasteiger partial charge in [0.25, 0.3) is 0 Å². The second kappa shape index (κ2) is 18.5. The number of hydrogen-bond acceptors (Lipinski definition) is 8. The van der Waals surface area contributed by atoms with Crippen molar-refractivity contribution < 1.29 is 42.4 Å². The van der Waals surface area contributed by atoms with Crippen LogP contribution in [0.5, 0.6) is 11.5 Å². The summed E-state index contributed by atoms with van der Waals surface area (Å²) in [6.45, 7) is 3.11. The van der Waals surface area contributed by atoms with E-state index in [1.54, 1.807) is 13.1 Å². The van der Waals surface area contributed by atoms with Crippen LogP contribution in [0.2, 0.25) is 0 Å². The average molecular weight is 652 g/mol. The number of hydrogen-bond donors (Lipinski definition) is 1. The fourth-order valence-electron chi connectivity index (χ4n) is 6.25. The van der Waals surface area contributed by atoms with Crippen LogP contribution in [0.3, 0.4) is 0 Å². The highest BCUT2D eigenvalue weighted by atomic mass is 19.1. The lowest BCUT2D eigenvalue weighted by Crippen LogP contribution is -2.21. The average Bonchev–Trinajstić information content (AvgIpc) is 3.21. The third kappa shape index (κ3) is 10.6. The van der Waals surface area contributed by atoms with Crippen molar-refractivity contribution in [2.24, 2.45) is 17.8 Å². The molecule has 1 saturated carbocycles. The molecule has 1 N–H and O–H groups in total. The molecule has 10 heteroatoms. The van der Waals surface area contributed by atoms with Crippen molar-refractivity contribution in [3.05, 3.63) is 65.0 Å². The molecule has 2 fully saturated rings. The minimum absolute atomic E-state index is 0.0327. The first-order valence-corrected chi connectivity index (χ1v) is 16.0. The quantitative estimate of drug-likeness (QED) is 0.104. The van der Waals surface area contributed by atoms with Crippen molar-refractivity contribution in [1.29, 1.82) is 0 Å². The maximum atomic E-state index is 13.8. The van der Waals surface area contributed by atoms with Crippen LogP contribution >= 0.6 is 0 Å². The zero-order valence-corrected chi connectivity index (χ0v) is 26.8. The Hall–Kier alpha value is -3.80. The Morgan fingerprint density at radius 1 is 1.17 bits per heavy atom. The first-order valence-electron chi connectivity index (χ1n) is 16.0. The van der Waals surface area contributed by atoms with Gasteiger partial charge in [-0.3, -0.25) is 9.78 Å². The molecule has 0 bridgehead atoms. The molecule has 1 aromatic heterocycles. The molecular weight excluding hydrogens is 608 g/mol. The second-order valence-electron chi connectivity index (χ2n) is 11.9. The third-order valence-electron chi connectivity index (χ3n) is 8.63. The van der Waals surface area contributed by atoms with Crippen LogP contribution in [0.15, 0.2) is 36.5 Å². The van der Waals surface area contributed by atoms with Gasteiger partial charge in [0.05, 0.1) is 37.7 Å². The number of aliphatic hydroxyl groups excluding tert-OH is 1. The summed E-state index contributed by atoms with van der Waals surface area (Å²) in [4.78, 5) is 17.3.